The van der Waals surface area contributed by atoms with Crippen LogP contribution in [0.4, 0.5) is 0 Å². The number of likely N-dealkylation sites (N-methyl/N-ethyl adjacent to an activating group) is 1. The van der Waals surface area contributed by atoms with Crippen LogP contribution in [0.3, 0.4) is 0 Å². The van der Waals surface area contributed by atoms with Gasteiger partial charge in [-0.3, -0.25) is 14.6 Å². The van der Waals surface area contributed by atoms with Crippen molar-refractivity contribution in [2.24, 2.45) is 0 Å². The minimum atomic E-state index is -1.07. The lowest BCUT2D eigenvalue weighted by Crippen LogP contribution is -2.51. The fourth-order valence-corrected chi connectivity index (χ4v) is 4.01. The monoisotopic (exact) mass is 318 g/mol. The maximum atomic E-state index is 12.2. The van der Waals surface area contributed by atoms with E-state index in [0.717, 1.165) is 31.2 Å². The maximum Gasteiger partial charge on any atom is 0.353 e. The SMILES string of the molecule is CN1CCn2cc(/C=C3/C(=O)N4C(C(=O)O)=CS[C@H]34)nc2C1. The summed E-state index contributed by atoms with van der Waals surface area (Å²) in [7, 11) is 2.05. The van der Waals surface area contributed by atoms with Crippen LogP contribution in [0.5, 0.6) is 0 Å². The van der Waals surface area contributed by atoms with Gasteiger partial charge >= 0.3 is 5.97 Å². The highest BCUT2D eigenvalue weighted by Crippen LogP contribution is 2.45. The molecule has 4 rings (SSSR count). The molecule has 3 aliphatic heterocycles. The van der Waals surface area contributed by atoms with E-state index >= 15 is 0 Å². The third-order valence-electron chi connectivity index (χ3n) is 4.07. The second kappa shape index (κ2) is 4.72. The van der Waals surface area contributed by atoms with E-state index < -0.39 is 5.97 Å². The Hall–Kier alpha value is -2.06. The number of nitrogens with zero attached hydrogens (tertiary/aromatic N) is 4. The molecule has 0 saturated carbocycles. The normalized spacial score (nSPS) is 25.8. The predicted octanol–water partition coefficient (Wildman–Crippen LogP) is 0.553. The van der Waals surface area contributed by atoms with Crippen LogP contribution in [0.15, 0.2) is 22.9 Å². The zero-order valence-electron chi connectivity index (χ0n) is 11.9. The van der Waals surface area contributed by atoms with Crippen molar-refractivity contribution in [3.63, 3.8) is 0 Å². The van der Waals surface area contributed by atoms with Gasteiger partial charge in [0.05, 0.1) is 17.8 Å². The summed E-state index contributed by atoms with van der Waals surface area (Å²) in [6.45, 7) is 2.67. The minimum Gasteiger partial charge on any atom is -0.477 e. The van der Waals surface area contributed by atoms with Gasteiger partial charge in [-0.15, -0.1) is 11.8 Å². The van der Waals surface area contributed by atoms with Gasteiger partial charge in [-0.05, 0) is 13.1 Å². The number of hydrogen-bond acceptors (Lipinski definition) is 5. The topological polar surface area (TPSA) is 78.7 Å². The highest BCUT2D eigenvalue weighted by atomic mass is 32.2. The lowest BCUT2D eigenvalue weighted by molar-refractivity contribution is -0.141. The molecule has 7 nitrogen and oxygen atoms in total. The smallest absolute Gasteiger partial charge is 0.353 e. The number of amides is 1. The molecule has 1 saturated heterocycles. The van der Waals surface area contributed by atoms with Crippen LogP contribution in [-0.4, -0.2) is 55.3 Å². The van der Waals surface area contributed by atoms with Crippen molar-refractivity contribution in [1.82, 2.24) is 19.4 Å². The Kier molecular flexibility index (Phi) is 2.92. The Morgan fingerprint density at radius 1 is 1.50 bits per heavy atom. The Bertz CT molecular complexity index is 751. The van der Waals surface area contributed by atoms with E-state index in [4.69, 9.17) is 5.11 Å². The molecule has 0 aromatic carbocycles. The van der Waals surface area contributed by atoms with Crippen molar-refractivity contribution in [1.29, 1.82) is 0 Å². The van der Waals surface area contributed by atoms with Crippen LogP contribution in [0, 0.1) is 0 Å². The van der Waals surface area contributed by atoms with Gasteiger partial charge < -0.3 is 9.67 Å². The average molecular weight is 318 g/mol. The third kappa shape index (κ3) is 1.91. The number of hydrogen-bond donors (Lipinski definition) is 1. The Morgan fingerprint density at radius 3 is 3.09 bits per heavy atom. The molecule has 0 aliphatic carbocycles. The Balaban J connectivity index is 1.59. The standard InChI is InChI=1S/C14H14N4O3S/c1-16-2-3-17-5-8(15-11(17)6-16)4-9-12(19)18-10(14(20)21)7-22-13(9)18/h4-5,7,13H,2-3,6H2,1H3,(H,20,21)/b9-4-/t13-/m1/s1. The number of carboxylic acids is 1. The van der Waals surface area contributed by atoms with Crippen molar-refractivity contribution in [3.05, 3.63) is 34.4 Å². The van der Waals surface area contributed by atoms with Crippen LogP contribution in [0.1, 0.15) is 11.5 Å². The molecule has 1 aromatic heterocycles. The summed E-state index contributed by atoms with van der Waals surface area (Å²) < 4.78 is 2.11. The number of aliphatic carboxylic acids is 1. The van der Waals surface area contributed by atoms with Crippen LogP contribution >= 0.6 is 11.8 Å². The number of β-lactam (4-membered cyclic amide) rings is 1. The lowest BCUT2D eigenvalue weighted by atomic mass is 10.0. The molecule has 1 amide bonds. The second-order valence-corrected chi connectivity index (χ2v) is 6.54. The molecule has 1 atom stereocenters. The second-order valence-electron chi connectivity index (χ2n) is 5.58. The van der Waals surface area contributed by atoms with Crippen molar-refractivity contribution in [3.8, 4) is 0 Å². The first kappa shape index (κ1) is 13.6. The Labute approximate surface area is 130 Å². The number of thioether (sulfide) groups is 1. The van der Waals surface area contributed by atoms with Crippen molar-refractivity contribution >= 4 is 29.7 Å². The molecule has 1 aromatic rings. The molecule has 22 heavy (non-hydrogen) atoms. The summed E-state index contributed by atoms with van der Waals surface area (Å²) in [5, 5.41) is 10.4. The highest BCUT2D eigenvalue weighted by Gasteiger charge is 2.49. The number of carboxylic acid groups (broad SMARTS) is 1. The molecule has 8 heteroatoms. The van der Waals surface area contributed by atoms with Crippen molar-refractivity contribution < 1.29 is 14.7 Å². The summed E-state index contributed by atoms with van der Waals surface area (Å²) >= 11 is 1.35. The molecule has 0 spiro atoms. The molecule has 3 aliphatic rings. The van der Waals surface area contributed by atoms with Crippen LogP contribution < -0.4 is 0 Å². The molecule has 0 bridgehead atoms. The first-order valence-corrected chi connectivity index (χ1v) is 7.87. The zero-order chi connectivity index (χ0) is 15.4. The quantitative estimate of drug-likeness (QED) is 0.634. The molecule has 114 valence electrons. The summed E-state index contributed by atoms with van der Waals surface area (Å²) in [4.78, 5) is 31.3. The van der Waals surface area contributed by atoms with E-state index in [0.29, 0.717) is 5.57 Å². The summed E-state index contributed by atoms with van der Waals surface area (Å²) in [5.74, 6) is -0.317. The van der Waals surface area contributed by atoms with E-state index in [9.17, 15) is 9.59 Å². The molecule has 1 fully saturated rings. The number of rotatable bonds is 2. The van der Waals surface area contributed by atoms with Gasteiger partial charge in [0, 0.05) is 24.7 Å². The van der Waals surface area contributed by atoms with E-state index in [1.165, 1.54) is 22.1 Å². The van der Waals surface area contributed by atoms with Crippen LogP contribution in [-0.2, 0) is 22.7 Å². The number of fused-ring (bicyclic) bond motifs is 2. The summed E-state index contributed by atoms with van der Waals surface area (Å²) in [6, 6.07) is 0. The van der Waals surface area contributed by atoms with Gasteiger partial charge in [0.1, 0.15) is 16.9 Å². The highest BCUT2D eigenvalue weighted by molar-refractivity contribution is 8.03. The van der Waals surface area contributed by atoms with Crippen molar-refractivity contribution in [2.75, 3.05) is 13.6 Å². The third-order valence-corrected chi connectivity index (χ3v) is 5.15. The van der Waals surface area contributed by atoms with E-state index in [1.807, 2.05) is 6.20 Å². The first-order chi connectivity index (χ1) is 10.5. The molecule has 0 unspecified atom stereocenters. The molecule has 4 heterocycles. The van der Waals surface area contributed by atoms with Gasteiger partial charge in [-0.1, -0.05) is 0 Å². The number of imidazole rings is 1. The Morgan fingerprint density at radius 2 is 2.32 bits per heavy atom. The maximum absolute atomic E-state index is 12.2. The van der Waals surface area contributed by atoms with E-state index in [-0.39, 0.29) is 17.0 Å². The summed E-state index contributed by atoms with van der Waals surface area (Å²) in [5.41, 5.74) is 1.43. The largest absolute Gasteiger partial charge is 0.477 e. The summed E-state index contributed by atoms with van der Waals surface area (Å²) in [6.07, 6.45) is 3.73. The predicted molar refractivity (Wildman–Crippen MR) is 80.5 cm³/mol. The molecular weight excluding hydrogens is 304 g/mol. The van der Waals surface area contributed by atoms with Gasteiger partial charge in [0.15, 0.2) is 0 Å². The van der Waals surface area contributed by atoms with Gasteiger partial charge in [0.25, 0.3) is 5.91 Å². The van der Waals surface area contributed by atoms with Crippen molar-refractivity contribution in [2.45, 2.75) is 18.5 Å². The number of carbonyl (C=O) groups is 2. The fourth-order valence-electron chi connectivity index (χ4n) is 2.89. The minimum absolute atomic E-state index is 0.0582. The molecule has 0 radical (unpaired) electrons. The number of carbonyl (C=O) groups excluding carboxylic acids is 1. The van der Waals surface area contributed by atoms with Gasteiger partial charge in [-0.25, -0.2) is 9.78 Å². The molecular formula is C14H14N4O3S. The van der Waals surface area contributed by atoms with E-state index in [2.05, 4.69) is 21.5 Å². The van der Waals surface area contributed by atoms with Gasteiger partial charge in [-0.2, -0.15) is 0 Å². The van der Waals surface area contributed by atoms with Crippen LogP contribution in [0.2, 0.25) is 0 Å². The lowest BCUT2D eigenvalue weighted by Gasteiger charge is -2.36. The zero-order valence-corrected chi connectivity index (χ0v) is 12.7. The van der Waals surface area contributed by atoms with E-state index in [1.54, 1.807) is 6.08 Å². The number of aromatic nitrogens is 2. The average Bonchev–Trinajstić information content (AvgIpc) is 3.05. The van der Waals surface area contributed by atoms with Crippen LogP contribution in [0.25, 0.3) is 6.08 Å². The molecule has 1 N–H and O–H groups in total. The first-order valence-electron chi connectivity index (χ1n) is 6.93. The fraction of sp³-hybridized carbons (Fsp3) is 0.357. The van der Waals surface area contributed by atoms with Gasteiger partial charge in [0.2, 0.25) is 0 Å².